The van der Waals surface area contributed by atoms with Gasteiger partial charge in [-0.1, -0.05) is 12.8 Å². The third-order valence-corrected chi connectivity index (χ3v) is 2.07. The number of nitrogens with two attached hydrogens (primary N) is 1. The van der Waals surface area contributed by atoms with Crippen molar-refractivity contribution in [2.45, 2.75) is 25.7 Å². The van der Waals surface area contributed by atoms with Crippen molar-refractivity contribution in [3.05, 3.63) is 0 Å². The summed E-state index contributed by atoms with van der Waals surface area (Å²) in [6.07, 6.45) is 4.44. The van der Waals surface area contributed by atoms with Crippen LogP contribution in [0, 0.1) is 5.92 Å². The molecule has 0 aromatic rings. The van der Waals surface area contributed by atoms with E-state index in [2.05, 4.69) is 4.74 Å². The van der Waals surface area contributed by atoms with E-state index in [1.807, 2.05) is 0 Å². The molecule has 0 atom stereocenters. The highest BCUT2D eigenvalue weighted by Gasteiger charge is 2.19. The predicted molar refractivity (Wildman–Crippen MR) is 48.3 cm³/mol. The van der Waals surface area contributed by atoms with Gasteiger partial charge in [0.25, 0.3) is 0 Å². The molecule has 13 heavy (non-hydrogen) atoms. The number of ether oxygens (including phenoxy) is 2. The maximum atomic E-state index is 10.1. The summed E-state index contributed by atoms with van der Waals surface area (Å²) in [5, 5.41) is 0. The first-order chi connectivity index (χ1) is 6.29. The summed E-state index contributed by atoms with van der Waals surface area (Å²) < 4.78 is 9.73. The van der Waals surface area contributed by atoms with Crippen molar-refractivity contribution in [1.82, 2.24) is 0 Å². The van der Waals surface area contributed by atoms with E-state index in [1.54, 1.807) is 0 Å². The van der Waals surface area contributed by atoms with Crippen LogP contribution in [0.4, 0.5) is 4.79 Å². The minimum absolute atomic E-state index is 0.263. The second kappa shape index (κ2) is 5.80. The van der Waals surface area contributed by atoms with E-state index in [4.69, 9.17) is 10.5 Å². The molecule has 1 aliphatic carbocycles. The van der Waals surface area contributed by atoms with Crippen molar-refractivity contribution < 1.29 is 14.3 Å². The fraction of sp³-hybridized carbons (Fsp3) is 0.889. The molecule has 1 fully saturated rings. The van der Waals surface area contributed by atoms with E-state index in [1.165, 1.54) is 19.3 Å². The van der Waals surface area contributed by atoms with E-state index in [-0.39, 0.29) is 6.61 Å². The fourth-order valence-corrected chi connectivity index (χ4v) is 1.18. The number of primary amides is 1. The Morgan fingerprint density at radius 1 is 1.31 bits per heavy atom. The summed E-state index contributed by atoms with van der Waals surface area (Å²) in [6, 6.07) is 0. The van der Waals surface area contributed by atoms with Gasteiger partial charge in [-0.3, -0.25) is 0 Å². The maximum absolute atomic E-state index is 10.1. The van der Waals surface area contributed by atoms with Crippen molar-refractivity contribution in [2.24, 2.45) is 11.7 Å². The van der Waals surface area contributed by atoms with Crippen molar-refractivity contribution >= 4 is 6.09 Å². The Kier molecular flexibility index (Phi) is 4.60. The van der Waals surface area contributed by atoms with Crippen molar-refractivity contribution in [3.8, 4) is 0 Å². The average molecular weight is 187 g/mol. The molecule has 0 heterocycles. The van der Waals surface area contributed by atoms with Gasteiger partial charge in [-0.15, -0.1) is 0 Å². The zero-order valence-electron chi connectivity index (χ0n) is 7.83. The smallest absolute Gasteiger partial charge is 0.404 e. The average Bonchev–Trinajstić information content (AvgIpc) is 2.86. The zero-order valence-corrected chi connectivity index (χ0v) is 7.83. The summed E-state index contributed by atoms with van der Waals surface area (Å²) in [5.74, 6) is 0.963. The lowest BCUT2D eigenvalue weighted by Crippen LogP contribution is -2.16. The molecule has 4 heteroatoms. The Bertz CT molecular complexity index is 157. The minimum Gasteiger partial charge on any atom is -0.447 e. The Hall–Kier alpha value is -0.770. The van der Waals surface area contributed by atoms with Crippen LogP contribution in [0.1, 0.15) is 25.7 Å². The van der Waals surface area contributed by atoms with Gasteiger partial charge in [0.1, 0.15) is 6.61 Å². The maximum Gasteiger partial charge on any atom is 0.404 e. The molecular formula is C9H17NO3. The molecule has 76 valence electrons. The number of carbonyl (C=O) groups is 1. The number of hydrogen-bond donors (Lipinski definition) is 1. The van der Waals surface area contributed by atoms with Crippen LogP contribution in [0.25, 0.3) is 0 Å². The summed E-state index contributed by atoms with van der Waals surface area (Å²) in [7, 11) is 0. The first kappa shape index (κ1) is 10.3. The van der Waals surface area contributed by atoms with Gasteiger partial charge in [0.2, 0.25) is 0 Å². The van der Waals surface area contributed by atoms with E-state index in [9.17, 15) is 4.79 Å². The molecule has 0 spiro atoms. The molecular weight excluding hydrogens is 170 g/mol. The van der Waals surface area contributed by atoms with E-state index < -0.39 is 6.09 Å². The summed E-state index contributed by atoms with van der Waals surface area (Å²) >= 11 is 0. The van der Waals surface area contributed by atoms with Crippen LogP contribution in [0.5, 0.6) is 0 Å². The van der Waals surface area contributed by atoms with Crippen molar-refractivity contribution in [3.63, 3.8) is 0 Å². The first-order valence-electron chi connectivity index (χ1n) is 4.79. The van der Waals surface area contributed by atoms with Gasteiger partial charge in [-0.2, -0.15) is 0 Å². The zero-order chi connectivity index (χ0) is 9.52. The van der Waals surface area contributed by atoms with Crippen LogP contribution in [0.3, 0.4) is 0 Å². The molecule has 1 saturated carbocycles. The van der Waals surface area contributed by atoms with Gasteiger partial charge in [0, 0.05) is 6.61 Å². The second-order valence-electron chi connectivity index (χ2n) is 3.37. The lowest BCUT2D eigenvalue weighted by Gasteiger charge is -2.03. The largest absolute Gasteiger partial charge is 0.447 e. The summed E-state index contributed by atoms with van der Waals surface area (Å²) in [5.41, 5.74) is 4.76. The van der Waals surface area contributed by atoms with Crippen LogP contribution < -0.4 is 5.73 Å². The SMILES string of the molecule is NC(=O)OCCOCCCC1CC1. The third kappa shape index (κ3) is 6.40. The van der Waals surface area contributed by atoms with Gasteiger partial charge in [0.15, 0.2) is 0 Å². The van der Waals surface area contributed by atoms with Crippen molar-refractivity contribution in [2.75, 3.05) is 19.8 Å². The first-order valence-corrected chi connectivity index (χ1v) is 4.79. The molecule has 2 N–H and O–H groups in total. The topological polar surface area (TPSA) is 61.6 Å². The van der Waals surface area contributed by atoms with E-state index in [0.717, 1.165) is 18.9 Å². The van der Waals surface area contributed by atoms with Crippen LogP contribution >= 0.6 is 0 Å². The monoisotopic (exact) mass is 187 g/mol. The molecule has 0 saturated heterocycles. The summed E-state index contributed by atoms with van der Waals surface area (Å²) in [4.78, 5) is 10.1. The normalized spacial score (nSPS) is 15.7. The van der Waals surface area contributed by atoms with Crippen LogP contribution in [0.2, 0.25) is 0 Å². The minimum atomic E-state index is -0.735. The Morgan fingerprint density at radius 2 is 2.08 bits per heavy atom. The molecule has 0 aliphatic heterocycles. The molecule has 1 amide bonds. The van der Waals surface area contributed by atoms with Gasteiger partial charge in [-0.25, -0.2) is 4.79 Å². The Morgan fingerprint density at radius 3 is 2.69 bits per heavy atom. The predicted octanol–water partition coefficient (Wildman–Crippen LogP) is 1.29. The fourth-order valence-electron chi connectivity index (χ4n) is 1.18. The highest BCUT2D eigenvalue weighted by Crippen LogP contribution is 2.33. The molecule has 1 aliphatic rings. The van der Waals surface area contributed by atoms with Gasteiger partial charge in [-0.05, 0) is 18.8 Å². The molecule has 0 aromatic carbocycles. The standard InChI is InChI=1S/C9H17NO3/c10-9(11)13-7-6-12-5-1-2-8-3-4-8/h8H,1-7H2,(H2,10,11). The molecule has 0 bridgehead atoms. The van der Waals surface area contributed by atoms with E-state index in [0.29, 0.717) is 6.61 Å². The van der Waals surface area contributed by atoms with Crippen LogP contribution in [-0.4, -0.2) is 25.9 Å². The Balaban J connectivity index is 1.70. The molecule has 4 nitrogen and oxygen atoms in total. The number of hydrogen-bond acceptors (Lipinski definition) is 3. The highest BCUT2D eigenvalue weighted by atomic mass is 16.6. The van der Waals surface area contributed by atoms with Crippen LogP contribution in [-0.2, 0) is 9.47 Å². The Labute approximate surface area is 78.4 Å². The number of amides is 1. The molecule has 1 rings (SSSR count). The van der Waals surface area contributed by atoms with Crippen molar-refractivity contribution in [1.29, 1.82) is 0 Å². The molecule has 0 aromatic heterocycles. The summed E-state index contributed by atoms with van der Waals surface area (Å²) in [6.45, 7) is 1.48. The molecule has 0 radical (unpaired) electrons. The third-order valence-electron chi connectivity index (χ3n) is 2.07. The molecule has 0 unspecified atom stereocenters. The highest BCUT2D eigenvalue weighted by molar-refractivity contribution is 5.64. The van der Waals surface area contributed by atoms with Crippen LogP contribution in [0.15, 0.2) is 0 Å². The lowest BCUT2D eigenvalue weighted by molar-refractivity contribution is 0.0743. The van der Waals surface area contributed by atoms with Gasteiger partial charge >= 0.3 is 6.09 Å². The number of rotatable bonds is 7. The van der Waals surface area contributed by atoms with Gasteiger partial charge in [0.05, 0.1) is 6.61 Å². The number of carbonyl (C=O) groups excluding carboxylic acids is 1. The van der Waals surface area contributed by atoms with Gasteiger partial charge < -0.3 is 15.2 Å². The second-order valence-corrected chi connectivity index (χ2v) is 3.37. The lowest BCUT2D eigenvalue weighted by atomic mass is 10.2. The van der Waals surface area contributed by atoms with E-state index >= 15 is 0 Å². The quantitative estimate of drug-likeness (QED) is 0.611.